The predicted octanol–water partition coefficient (Wildman–Crippen LogP) is 6.63. The van der Waals surface area contributed by atoms with E-state index in [4.69, 9.17) is 21.1 Å². The summed E-state index contributed by atoms with van der Waals surface area (Å²) in [6.45, 7) is 2.83. The van der Waals surface area contributed by atoms with Crippen molar-refractivity contribution in [2.24, 2.45) is 0 Å². The standard InChI is InChI=1S/C25H29ClN2O3/c1-3-4-5-6-7-10-15-31-23-14-13-19(17-24(23)30-2)16-20(18-27)25(29)28-22-12-9-8-11-21(22)26/h8-9,11-14,16-17H,3-7,10,15H2,1-2H3,(H,28,29)/b20-16+. The number of hydrogen-bond donors (Lipinski definition) is 1. The molecule has 0 aliphatic rings. The minimum Gasteiger partial charge on any atom is -0.493 e. The zero-order valence-corrected chi connectivity index (χ0v) is 18.9. The zero-order chi connectivity index (χ0) is 22.5. The highest BCUT2D eigenvalue weighted by Crippen LogP contribution is 2.29. The number of carbonyl (C=O) groups is 1. The van der Waals surface area contributed by atoms with Crippen LogP contribution >= 0.6 is 11.6 Å². The third-order valence-electron chi connectivity index (χ3n) is 4.74. The van der Waals surface area contributed by atoms with Crippen molar-refractivity contribution in [1.29, 1.82) is 5.26 Å². The van der Waals surface area contributed by atoms with Gasteiger partial charge in [-0.05, 0) is 42.3 Å². The monoisotopic (exact) mass is 440 g/mol. The molecule has 0 bridgehead atoms. The molecule has 164 valence electrons. The summed E-state index contributed by atoms with van der Waals surface area (Å²) in [5.74, 6) is 0.675. The molecule has 0 spiro atoms. The number of nitriles is 1. The molecule has 2 aromatic carbocycles. The van der Waals surface area contributed by atoms with Crippen molar-refractivity contribution in [2.75, 3.05) is 19.0 Å². The van der Waals surface area contributed by atoms with E-state index < -0.39 is 5.91 Å². The highest BCUT2D eigenvalue weighted by atomic mass is 35.5. The van der Waals surface area contributed by atoms with Gasteiger partial charge in [-0.3, -0.25) is 4.79 Å². The summed E-state index contributed by atoms with van der Waals surface area (Å²) in [5, 5.41) is 12.5. The molecule has 1 N–H and O–H groups in total. The molecular weight excluding hydrogens is 412 g/mol. The lowest BCUT2D eigenvalue weighted by atomic mass is 10.1. The third kappa shape index (κ3) is 7.99. The van der Waals surface area contributed by atoms with E-state index >= 15 is 0 Å². The van der Waals surface area contributed by atoms with E-state index in [1.54, 1.807) is 49.6 Å². The predicted molar refractivity (Wildman–Crippen MR) is 126 cm³/mol. The van der Waals surface area contributed by atoms with Gasteiger partial charge in [-0.1, -0.05) is 68.8 Å². The first-order valence-electron chi connectivity index (χ1n) is 10.6. The minimum absolute atomic E-state index is 0.0391. The smallest absolute Gasteiger partial charge is 0.266 e. The van der Waals surface area contributed by atoms with Crippen molar-refractivity contribution < 1.29 is 14.3 Å². The van der Waals surface area contributed by atoms with Crippen molar-refractivity contribution >= 4 is 29.3 Å². The Morgan fingerprint density at radius 2 is 1.84 bits per heavy atom. The molecule has 0 atom stereocenters. The molecule has 0 aromatic heterocycles. The van der Waals surface area contributed by atoms with Crippen molar-refractivity contribution in [1.82, 2.24) is 0 Å². The van der Waals surface area contributed by atoms with Gasteiger partial charge >= 0.3 is 0 Å². The maximum absolute atomic E-state index is 12.5. The zero-order valence-electron chi connectivity index (χ0n) is 18.1. The van der Waals surface area contributed by atoms with Gasteiger partial charge in [0.15, 0.2) is 11.5 Å². The molecule has 2 aromatic rings. The van der Waals surface area contributed by atoms with Gasteiger partial charge in [0.1, 0.15) is 11.6 Å². The van der Waals surface area contributed by atoms with E-state index in [2.05, 4.69) is 12.2 Å². The number of nitrogens with zero attached hydrogens (tertiary/aromatic N) is 1. The van der Waals surface area contributed by atoms with Gasteiger partial charge in [-0.15, -0.1) is 0 Å². The van der Waals surface area contributed by atoms with Crippen LogP contribution in [0.15, 0.2) is 48.0 Å². The number of ether oxygens (including phenoxy) is 2. The number of benzene rings is 2. The van der Waals surface area contributed by atoms with Crippen LogP contribution in [0, 0.1) is 11.3 Å². The lowest BCUT2D eigenvalue weighted by molar-refractivity contribution is -0.112. The molecule has 2 rings (SSSR count). The largest absolute Gasteiger partial charge is 0.493 e. The number of unbranched alkanes of at least 4 members (excludes halogenated alkanes) is 5. The molecule has 0 aliphatic heterocycles. The number of hydrogen-bond acceptors (Lipinski definition) is 4. The van der Waals surface area contributed by atoms with Crippen LogP contribution in [0.5, 0.6) is 11.5 Å². The maximum atomic E-state index is 12.5. The van der Waals surface area contributed by atoms with Gasteiger partial charge in [0, 0.05) is 0 Å². The maximum Gasteiger partial charge on any atom is 0.266 e. The summed E-state index contributed by atoms with van der Waals surface area (Å²) < 4.78 is 11.3. The van der Waals surface area contributed by atoms with Crippen molar-refractivity contribution in [3.63, 3.8) is 0 Å². The SMILES string of the molecule is CCCCCCCCOc1ccc(/C=C(\C#N)C(=O)Nc2ccccc2Cl)cc1OC. The third-order valence-corrected chi connectivity index (χ3v) is 5.07. The first-order valence-corrected chi connectivity index (χ1v) is 10.9. The van der Waals surface area contributed by atoms with Crippen LogP contribution in [0.2, 0.25) is 5.02 Å². The van der Waals surface area contributed by atoms with Gasteiger partial charge in [-0.2, -0.15) is 5.26 Å². The lowest BCUT2D eigenvalue weighted by Gasteiger charge is -2.11. The Morgan fingerprint density at radius 3 is 2.55 bits per heavy atom. The first kappa shape index (κ1) is 24.3. The second-order valence-electron chi connectivity index (χ2n) is 7.13. The van der Waals surface area contributed by atoms with E-state index in [1.165, 1.54) is 31.8 Å². The van der Waals surface area contributed by atoms with Crippen LogP contribution in [0.4, 0.5) is 5.69 Å². The number of rotatable bonds is 12. The van der Waals surface area contributed by atoms with E-state index in [0.29, 0.717) is 34.4 Å². The van der Waals surface area contributed by atoms with E-state index in [-0.39, 0.29) is 5.57 Å². The number of carbonyl (C=O) groups excluding carboxylic acids is 1. The summed E-state index contributed by atoms with van der Waals surface area (Å²) in [5.41, 5.74) is 1.07. The molecule has 6 heteroatoms. The van der Waals surface area contributed by atoms with E-state index in [0.717, 1.165) is 12.8 Å². The van der Waals surface area contributed by atoms with E-state index in [9.17, 15) is 10.1 Å². The summed E-state index contributed by atoms with van der Waals surface area (Å²) in [4.78, 5) is 12.5. The molecule has 31 heavy (non-hydrogen) atoms. The molecule has 1 amide bonds. The average molecular weight is 441 g/mol. The molecule has 0 radical (unpaired) electrons. The molecule has 0 saturated heterocycles. The van der Waals surface area contributed by atoms with Gasteiger partial charge in [0.2, 0.25) is 0 Å². The number of para-hydroxylation sites is 1. The van der Waals surface area contributed by atoms with Crippen LogP contribution < -0.4 is 14.8 Å². The second-order valence-corrected chi connectivity index (χ2v) is 7.54. The first-order chi connectivity index (χ1) is 15.1. The lowest BCUT2D eigenvalue weighted by Crippen LogP contribution is -2.13. The Balaban J connectivity index is 2.01. The van der Waals surface area contributed by atoms with Crippen LogP contribution in [-0.4, -0.2) is 19.6 Å². The number of halogens is 1. The average Bonchev–Trinajstić information content (AvgIpc) is 2.78. The topological polar surface area (TPSA) is 71.3 Å². The molecular formula is C25H29ClN2O3. The van der Waals surface area contributed by atoms with Crippen LogP contribution in [0.3, 0.4) is 0 Å². The van der Waals surface area contributed by atoms with Crippen molar-refractivity contribution in [3.8, 4) is 17.6 Å². The minimum atomic E-state index is -0.530. The Morgan fingerprint density at radius 1 is 1.10 bits per heavy atom. The van der Waals surface area contributed by atoms with Crippen molar-refractivity contribution in [2.45, 2.75) is 45.4 Å². The summed E-state index contributed by atoms with van der Waals surface area (Å²) in [7, 11) is 1.57. The van der Waals surface area contributed by atoms with Crippen molar-refractivity contribution in [3.05, 3.63) is 58.6 Å². The molecule has 0 aliphatic carbocycles. The summed E-state index contributed by atoms with van der Waals surface area (Å²) in [6.07, 6.45) is 8.67. The highest BCUT2D eigenvalue weighted by Gasteiger charge is 2.12. The summed E-state index contributed by atoms with van der Waals surface area (Å²) in [6, 6.07) is 14.1. The van der Waals surface area contributed by atoms with Gasteiger partial charge in [-0.25, -0.2) is 0 Å². The number of amides is 1. The second kappa shape index (κ2) is 13.4. The fourth-order valence-corrected chi connectivity index (χ4v) is 3.21. The molecule has 0 unspecified atom stereocenters. The molecule has 5 nitrogen and oxygen atoms in total. The summed E-state index contributed by atoms with van der Waals surface area (Å²) >= 11 is 6.07. The normalized spacial score (nSPS) is 11.0. The van der Waals surface area contributed by atoms with Crippen LogP contribution in [-0.2, 0) is 4.79 Å². The number of anilines is 1. The fourth-order valence-electron chi connectivity index (χ4n) is 3.03. The Bertz CT molecular complexity index is 935. The van der Waals surface area contributed by atoms with Gasteiger partial charge < -0.3 is 14.8 Å². The Hall–Kier alpha value is -2.97. The Kier molecular flexibility index (Phi) is 10.5. The van der Waals surface area contributed by atoms with E-state index in [1.807, 2.05) is 6.07 Å². The quantitative estimate of drug-likeness (QED) is 0.228. The Labute approximate surface area is 189 Å². The van der Waals surface area contributed by atoms with Crippen LogP contribution in [0.25, 0.3) is 6.08 Å². The highest BCUT2D eigenvalue weighted by molar-refractivity contribution is 6.34. The molecule has 0 fully saturated rings. The number of nitrogens with one attached hydrogen (secondary N) is 1. The molecule has 0 heterocycles. The molecule has 0 saturated carbocycles. The van der Waals surface area contributed by atoms with Gasteiger partial charge in [0.25, 0.3) is 5.91 Å². The van der Waals surface area contributed by atoms with Gasteiger partial charge in [0.05, 0.1) is 24.4 Å². The number of methoxy groups -OCH3 is 1. The van der Waals surface area contributed by atoms with Crippen LogP contribution in [0.1, 0.15) is 51.0 Å². The fraction of sp³-hybridized carbons (Fsp3) is 0.360.